The molecule has 0 aliphatic rings. The summed E-state index contributed by atoms with van der Waals surface area (Å²) in [7, 11) is 0. The third-order valence-corrected chi connectivity index (χ3v) is 6.40. The number of carboxylic acid groups (broad SMARTS) is 1. The number of carbonyl (C=O) groups excluding carboxylic acids is 3. The number of rotatable bonds is 15. The van der Waals surface area contributed by atoms with Gasteiger partial charge >= 0.3 is 5.97 Å². The summed E-state index contributed by atoms with van der Waals surface area (Å²) < 4.78 is 0. The lowest BCUT2D eigenvalue weighted by Crippen LogP contribution is -2.58. The first-order chi connectivity index (χ1) is 14.5. The number of amides is 3. The molecule has 0 aliphatic heterocycles. The molecule has 0 aromatic carbocycles. The molecule has 9 nitrogen and oxygen atoms in total. The van der Waals surface area contributed by atoms with Crippen molar-refractivity contribution in [2.75, 3.05) is 17.8 Å². The van der Waals surface area contributed by atoms with Crippen LogP contribution in [-0.4, -0.2) is 70.7 Å². The zero-order valence-corrected chi connectivity index (χ0v) is 20.7. The Bertz CT molecular complexity index is 608. The molecule has 6 N–H and O–H groups in total. The maximum absolute atomic E-state index is 12.8. The average Bonchev–Trinajstić information content (AvgIpc) is 2.75. The maximum Gasteiger partial charge on any atom is 0.326 e. The first-order valence-electron chi connectivity index (χ1n) is 10.5. The van der Waals surface area contributed by atoms with Crippen LogP contribution in [0.4, 0.5) is 0 Å². The number of thioether (sulfide) groups is 1. The van der Waals surface area contributed by atoms with Crippen molar-refractivity contribution in [3.8, 4) is 0 Å². The van der Waals surface area contributed by atoms with Crippen LogP contribution in [0.5, 0.6) is 0 Å². The van der Waals surface area contributed by atoms with Crippen molar-refractivity contribution in [1.29, 1.82) is 0 Å². The van der Waals surface area contributed by atoms with Crippen LogP contribution in [0.1, 0.15) is 47.0 Å². The number of hydrogen-bond donors (Lipinski definition) is 6. The van der Waals surface area contributed by atoms with Crippen molar-refractivity contribution in [2.45, 2.75) is 71.1 Å². The standard InChI is InChI=1S/C20H38N4O5S2/c1-6-11(3)15(21)19(27)22-13(8-9-31-5)17(25)23-14(10-30)18(26)24-16(20(28)29)12(4)7-2/h11-16,30H,6-10,21H2,1-5H3,(H,22,27)(H,23,25)(H,24,26)(H,28,29). The Morgan fingerprint density at radius 2 is 1.45 bits per heavy atom. The van der Waals surface area contributed by atoms with Gasteiger partial charge in [0.05, 0.1) is 6.04 Å². The van der Waals surface area contributed by atoms with Crippen LogP contribution in [0.25, 0.3) is 0 Å². The van der Waals surface area contributed by atoms with Gasteiger partial charge in [0.15, 0.2) is 0 Å². The van der Waals surface area contributed by atoms with Crippen molar-refractivity contribution in [3.63, 3.8) is 0 Å². The molecule has 31 heavy (non-hydrogen) atoms. The van der Waals surface area contributed by atoms with Gasteiger partial charge in [-0.1, -0.05) is 40.5 Å². The zero-order chi connectivity index (χ0) is 24.1. The van der Waals surface area contributed by atoms with Gasteiger partial charge in [-0.2, -0.15) is 24.4 Å². The summed E-state index contributed by atoms with van der Waals surface area (Å²) in [6.07, 6.45) is 3.53. The van der Waals surface area contributed by atoms with Gasteiger partial charge in [-0.05, 0) is 30.3 Å². The van der Waals surface area contributed by atoms with E-state index >= 15 is 0 Å². The molecule has 0 aliphatic carbocycles. The van der Waals surface area contributed by atoms with Crippen LogP contribution in [-0.2, 0) is 19.2 Å². The quantitative estimate of drug-likeness (QED) is 0.189. The summed E-state index contributed by atoms with van der Waals surface area (Å²) in [4.78, 5) is 49.3. The number of aliphatic carboxylic acids is 1. The highest BCUT2D eigenvalue weighted by Crippen LogP contribution is 2.10. The average molecular weight is 479 g/mol. The van der Waals surface area contributed by atoms with Crippen LogP contribution < -0.4 is 21.7 Å². The largest absolute Gasteiger partial charge is 0.480 e. The van der Waals surface area contributed by atoms with Gasteiger partial charge in [-0.15, -0.1) is 0 Å². The van der Waals surface area contributed by atoms with E-state index in [4.69, 9.17) is 5.73 Å². The Morgan fingerprint density at radius 1 is 0.935 bits per heavy atom. The van der Waals surface area contributed by atoms with Gasteiger partial charge in [0, 0.05) is 5.75 Å². The molecule has 180 valence electrons. The monoisotopic (exact) mass is 478 g/mol. The van der Waals surface area contributed by atoms with E-state index < -0.39 is 47.9 Å². The molecule has 6 unspecified atom stereocenters. The number of carbonyl (C=O) groups is 4. The molecule has 0 spiro atoms. The fourth-order valence-corrected chi connectivity index (χ4v) is 3.42. The predicted octanol–water partition coefficient (Wildman–Crippen LogP) is 0.628. The van der Waals surface area contributed by atoms with Gasteiger partial charge in [-0.3, -0.25) is 14.4 Å². The summed E-state index contributed by atoms with van der Waals surface area (Å²) in [5.41, 5.74) is 5.97. The number of thiol groups is 1. The van der Waals surface area contributed by atoms with E-state index in [0.717, 1.165) is 6.42 Å². The fraction of sp³-hybridized carbons (Fsp3) is 0.800. The molecule has 0 bridgehead atoms. The Labute approximate surface area is 194 Å². The second kappa shape index (κ2) is 15.4. The molecular weight excluding hydrogens is 440 g/mol. The van der Waals surface area contributed by atoms with E-state index in [-0.39, 0.29) is 17.6 Å². The molecule has 0 radical (unpaired) electrons. The summed E-state index contributed by atoms with van der Waals surface area (Å²) in [6.45, 7) is 7.34. The Kier molecular flexibility index (Phi) is 14.6. The topological polar surface area (TPSA) is 151 Å². The van der Waals surface area contributed by atoms with E-state index in [1.54, 1.807) is 6.92 Å². The van der Waals surface area contributed by atoms with Crippen LogP contribution >= 0.6 is 24.4 Å². The van der Waals surface area contributed by atoms with Gasteiger partial charge in [0.2, 0.25) is 17.7 Å². The molecule has 11 heteroatoms. The summed E-state index contributed by atoms with van der Waals surface area (Å²) >= 11 is 5.64. The van der Waals surface area contributed by atoms with Gasteiger partial charge < -0.3 is 26.8 Å². The smallest absolute Gasteiger partial charge is 0.326 e. The van der Waals surface area contributed by atoms with Crippen molar-refractivity contribution >= 4 is 48.1 Å². The molecule has 3 amide bonds. The minimum absolute atomic E-state index is 0.0278. The van der Waals surface area contributed by atoms with Crippen LogP contribution in [0.3, 0.4) is 0 Å². The second-order valence-electron chi connectivity index (χ2n) is 7.71. The Balaban J connectivity index is 5.27. The first-order valence-corrected chi connectivity index (χ1v) is 12.6. The lowest BCUT2D eigenvalue weighted by atomic mass is 9.98. The third kappa shape index (κ3) is 10.1. The third-order valence-electron chi connectivity index (χ3n) is 5.40. The van der Waals surface area contributed by atoms with Gasteiger partial charge in [0.1, 0.15) is 18.1 Å². The van der Waals surface area contributed by atoms with Gasteiger partial charge in [0.25, 0.3) is 0 Å². The van der Waals surface area contributed by atoms with Crippen LogP contribution in [0.15, 0.2) is 0 Å². The molecule has 0 aromatic rings. The van der Waals surface area contributed by atoms with Crippen molar-refractivity contribution in [1.82, 2.24) is 16.0 Å². The zero-order valence-electron chi connectivity index (χ0n) is 19.0. The fourth-order valence-electron chi connectivity index (χ4n) is 2.69. The highest BCUT2D eigenvalue weighted by molar-refractivity contribution is 7.98. The molecule has 0 saturated carbocycles. The Morgan fingerprint density at radius 3 is 1.90 bits per heavy atom. The summed E-state index contributed by atoms with van der Waals surface area (Å²) in [5.74, 6) is -2.49. The van der Waals surface area contributed by atoms with E-state index in [1.807, 2.05) is 27.0 Å². The van der Waals surface area contributed by atoms with E-state index in [0.29, 0.717) is 18.6 Å². The minimum atomic E-state index is -1.14. The lowest BCUT2D eigenvalue weighted by molar-refractivity contribution is -0.143. The van der Waals surface area contributed by atoms with E-state index in [2.05, 4.69) is 28.6 Å². The van der Waals surface area contributed by atoms with Crippen molar-refractivity contribution in [3.05, 3.63) is 0 Å². The molecule has 6 atom stereocenters. The predicted molar refractivity (Wildman–Crippen MR) is 127 cm³/mol. The molecular formula is C20H38N4O5S2. The molecule has 0 heterocycles. The number of nitrogens with two attached hydrogens (primary N) is 1. The van der Waals surface area contributed by atoms with Crippen LogP contribution in [0, 0.1) is 11.8 Å². The minimum Gasteiger partial charge on any atom is -0.480 e. The van der Waals surface area contributed by atoms with E-state index in [9.17, 15) is 24.3 Å². The molecule has 0 rings (SSSR count). The SMILES string of the molecule is CCC(C)C(N)C(=O)NC(CCSC)C(=O)NC(CS)C(=O)NC(C(=O)O)C(C)CC. The van der Waals surface area contributed by atoms with E-state index in [1.165, 1.54) is 11.8 Å². The van der Waals surface area contributed by atoms with Gasteiger partial charge in [-0.25, -0.2) is 4.79 Å². The van der Waals surface area contributed by atoms with Crippen molar-refractivity contribution < 1.29 is 24.3 Å². The first kappa shape index (κ1) is 29.5. The molecule has 0 aromatic heterocycles. The highest BCUT2D eigenvalue weighted by atomic mass is 32.2. The Hall–Kier alpha value is -1.46. The highest BCUT2D eigenvalue weighted by Gasteiger charge is 2.31. The molecule has 0 saturated heterocycles. The number of nitrogens with one attached hydrogen (secondary N) is 3. The maximum atomic E-state index is 12.8. The number of hydrogen-bond acceptors (Lipinski definition) is 7. The second-order valence-corrected chi connectivity index (χ2v) is 9.06. The van der Waals surface area contributed by atoms with Crippen molar-refractivity contribution in [2.24, 2.45) is 17.6 Å². The van der Waals surface area contributed by atoms with Crippen LogP contribution in [0.2, 0.25) is 0 Å². The summed E-state index contributed by atoms with van der Waals surface area (Å²) in [6, 6.07) is -3.73. The molecule has 0 fully saturated rings. The summed E-state index contributed by atoms with van der Waals surface area (Å²) in [5, 5.41) is 17.1. The normalized spacial score (nSPS) is 16.9. The number of carboxylic acids is 1. The lowest BCUT2D eigenvalue weighted by Gasteiger charge is -2.26.